The van der Waals surface area contributed by atoms with Gasteiger partial charge in [0.1, 0.15) is 11.8 Å². The van der Waals surface area contributed by atoms with E-state index in [1.54, 1.807) is 6.92 Å². The third-order valence-electron chi connectivity index (χ3n) is 3.09. The standard InChI is InChI=1S/C11H15N2O7PS/c1-5-9(14)8(10-13-7(4-22-10)11(15)16)6(2-12-5)3-20-21(17,18)19/h2,7,10,13-14H,3-4H2,1H3,(H,15,16)(H2,17,18,19)/t7-,10?/m0/s1. The smallest absolute Gasteiger partial charge is 0.469 e. The highest BCUT2D eigenvalue weighted by molar-refractivity contribution is 7.99. The lowest BCUT2D eigenvalue weighted by Gasteiger charge is -2.18. The Morgan fingerprint density at radius 3 is 2.82 bits per heavy atom. The maximum Gasteiger partial charge on any atom is 0.469 e. The Bertz CT molecular complexity index is 635. The number of thioether (sulfide) groups is 1. The van der Waals surface area contributed by atoms with Crippen LogP contribution in [0.5, 0.6) is 5.75 Å². The van der Waals surface area contributed by atoms with Crippen LogP contribution in [-0.2, 0) is 20.5 Å². The number of phosphoric ester groups is 1. The molecule has 2 heterocycles. The van der Waals surface area contributed by atoms with Crippen LogP contribution >= 0.6 is 19.6 Å². The Hall–Kier alpha value is -1.16. The molecule has 0 aromatic carbocycles. The number of carboxylic acids is 1. The number of nitrogens with one attached hydrogen (secondary N) is 1. The summed E-state index contributed by atoms with van der Waals surface area (Å²) in [5.41, 5.74) is 0.938. The highest BCUT2D eigenvalue weighted by Crippen LogP contribution is 2.42. The first kappa shape index (κ1) is 17.2. The monoisotopic (exact) mass is 350 g/mol. The van der Waals surface area contributed by atoms with E-state index in [9.17, 15) is 14.5 Å². The van der Waals surface area contributed by atoms with Crippen LogP contribution in [0.25, 0.3) is 0 Å². The third-order valence-corrected chi connectivity index (χ3v) is 4.78. The number of pyridine rings is 1. The molecule has 0 radical (unpaired) electrons. The molecule has 1 fully saturated rings. The summed E-state index contributed by atoms with van der Waals surface area (Å²) in [4.78, 5) is 32.5. The van der Waals surface area contributed by atoms with Gasteiger partial charge in [0.05, 0.1) is 17.7 Å². The zero-order chi connectivity index (χ0) is 16.5. The van der Waals surface area contributed by atoms with Crippen LogP contribution in [-0.4, -0.2) is 42.7 Å². The molecule has 11 heteroatoms. The quantitative estimate of drug-likeness (QED) is 0.475. The molecule has 1 aromatic heterocycles. The number of hydrogen-bond acceptors (Lipinski definition) is 7. The number of aryl methyl sites for hydroxylation is 1. The fourth-order valence-electron chi connectivity index (χ4n) is 1.99. The van der Waals surface area contributed by atoms with Gasteiger partial charge in [0.2, 0.25) is 0 Å². The van der Waals surface area contributed by atoms with Gasteiger partial charge in [-0.15, -0.1) is 11.8 Å². The summed E-state index contributed by atoms with van der Waals surface area (Å²) in [5, 5.41) is 21.5. The molecular weight excluding hydrogens is 335 g/mol. The van der Waals surface area contributed by atoms with Crippen molar-refractivity contribution in [3.8, 4) is 5.75 Å². The van der Waals surface area contributed by atoms with Crippen molar-refractivity contribution in [2.45, 2.75) is 24.9 Å². The largest absolute Gasteiger partial charge is 0.506 e. The van der Waals surface area contributed by atoms with E-state index >= 15 is 0 Å². The van der Waals surface area contributed by atoms with Crippen molar-refractivity contribution in [3.63, 3.8) is 0 Å². The molecule has 1 aromatic rings. The van der Waals surface area contributed by atoms with Gasteiger partial charge in [0, 0.05) is 23.1 Å². The molecule has 0 spiro atoms. The number of aromatic hydroxyl groups is 1. The SMILES string of the molecule is Cc1ncc(COP(=O)(O)O)c(C2N[C@H](C(=O)O)CS2)c1O. The number of aliphatic carboxylic acids is 1. The van der Waals surface area contributed by atoms with Crippen LogP contribution in [0.2, 0.25) is 0 Å². The molecule has 22 heavy (non-hydrogen) atoms. The van der Waals surface area contributed by atoms with Crippen molar-refractivity contribution < 1.29 is 33.9 Å². The van der Waals surface area contributed by atoms with Gasteiger partial charge in [-0.3, -0.25) is 19.6 Å². The molecule has 2 rings (SSSR count). The molecule has 1 unspecified atom stereocenters. The molecule has 0 bridgehead atoms. The average molecular weight is 350 g/mol. The van der Waals surface area contributed by atoms with Gasteiger partial charge in [0.15, 0.2) is 0 Å². The van der Waals surface area contributed by atoms with E-state index in [4.69, 9.17) is 14.9 Å². The molecule has 122 valence electrons. The van der Waals surface area contributed by atoms with E-state index in [1.807, 2.05) is 0 Å². The Morgan fingerprint density at radius 2 is 2.27 bits per heavy atom. The van der Waals surface area contributed by atoms with E-state index in [-0.39, 0.29) is 11.3 Å². The second kappa shape index (κ2) is 6.53. The van der Waals surface area contributed by atoms with Gasteiger partial charge in [0.25, 0.3) is 0 Å². The molecule has 9 nitrogen and oxygen atoms in total. The number of phosphoric acid groups is 1. The Balaban J connectivity index is 2.30. The van der Waals surface area contributed by atoms with Crippen molar-refractivity contribution in [1.82, 2.24) is 10.3 Å². The minimum absolute atomic E-state index is 0.150. The summed E-state index contributed by atoms with van der Waals surface area (Å²) in [6.07, 6.45) is 1.34. The number of aromatic nitrogens is 1. The maximum atomic E-state index is 11.0. The summed E-state index contributed by atoms with van der Waals surface area (Å²) in [6.45, 7) is 1.12. The summed E-state index contributed by atoms with van der Waals surface area (Å²) in [7, 11) is -4.67. The van der Waals surface area contributed by atoms with Crippen LogP contribution < -0.4 is 5.32 Å². The minimum Gasteiger partial charge on any atom is -0.506 e. The van der Waals surface area contributed by atoms with Gasteiger partial charge < -0.3 is 20.0 Å². The maximum absolute atomic E-state index is 11.0. The lowest BCUT2D eigenvalue weighted by Crippen LogP contribution is -2.34. The number of carboxylic acid groups (broad SMARTS) is 1. The van der Waals surface area contributed by atoms with Crippen LogP contribution in [0.15, 0.2) is 6.20 Å². The summed E-state index contributed by atoms with van der Waals surface area (Å²) in [5.74, 6) is -0.851. The second-order valence-electron chi connectivity index (χ2n) is 4.67. The van der Waals surface area contributed by atoms with Crippen molar-refractivity contribution in [1.29, 1.82) is 0 Å². The molecule has 0 amide bonds. The molecule has 2 atom stereocenters. The van der Waals surface area contributed by atoms with Gasteiger partial charge in [-0.1, -0.05) is 0 Å². The highest BCUT2D eigenvalue weighted by atomic mass is 32.2. The van der Waals surface area contributed by atoms with Gasteiger partial charge in [-0.05, 0) is 6.92 Å². The first-order chi connectivity index (χ1) is 10.2. The Morgan fingerprint density at radius 1 is 1.59 bits per heavy atom. The lowest BCUT2D eigenvalue weighted by molar-refractivity contribution is -0.138. The Labute approximate surface area is 130 Å². The normalized spacial score (nSPS) is 22.0. The minimum atomic E-state index is -4.67. The molecule has 0 saturated carbocycles. The van der Waals surface area contributed by atoms with Crippen LogP contribution in [0.1, 0.15) is 22.2 Å². The predicted octanol–water partition coefficient (Wildman–Crippen LogP) is 0.493. The highest BCUT2D eigenvalue weighted by Gasteiger charge is 2.34. The summed E-state index contributed by atoms with van der Waals surface area (Å²) in [6, 6.07) is -0.765. The van der Waals surface area contributed by atoms with E-state index in [0.717, 1.165) is 0 Å². The first-order valence-electron chi connectivity index (χ1n) is 6.17. The molecule has 0 aliphatic carbocycles. The van der Waals surface area contributed by atoms with Crippen molar-refractivity contribution in [2.24, 2.45) is 0 Å². The number of nitrogens with zero attached hydrogens (tertiary/aromatic N) is 1. The third kappa shape index (κ3) is 3.97. The van der Waals surface area contributed by atoms with Gasteiger partial charge in [-0.2, -0.15) is 0 Å². The van der Waals surface area contributed by atoms with E-state index in [0.29, 0.717) is 17.0 Å². The molecule has 1 saturated heterocycles. The van der Waals surface area contributed by atoms with Crippen LogP contribution in [0.3, 0.4) is 0 Å². The summed E-state index contributed by atoms with van der Waals surface area (Å²) < 4.78 is 15.3. The zero-order valence-corrected chi connectivity index (χ0v) is 13.2. The van der Waals surface area contributed by atoms with Crippen LogP contribution in [0.4, 0.5) is 0 Å². The Kier molecular flexibility index (Phi) is 5.10. The van der Waals surface area contributed by atoms with E-state index in [1.165, 1.54) is 18.0 Å². The van der Waals surface area contributed by atoms with Crippen LogP contribution in [0, 0.1) is 6.92 Å². The fourth-order valence-corrected chi connectivity index (χ4v) is 3.62. The molecule has 1 aliphatic heterocycles. The van der Waals surface area contributed by atoms with Gasteiger partial charge in [-0.25, -0.2) is 4.57 Å². The van der Waals surface area contributed by atoms with Crippen molar-refractivity contribution >= 4 is 25.6 Å². The molecule has 5 N–H and O–H groups in total. The van der Waals surface area contributed by atoms with Crippen molar-refractivity contribution in [3.05, 3.63) is 23.0 Å². The van der Waals surface area contributed by atoms with E-state index in [2.05, 4.69) is 14.8 Å². The number of carbonyl (C=O) groups is 1. The molecule has 1 aliphatic rings. The predicted molar refractivity (Wildman–Crippen MR) is 77.2 cm³/mol. The summed E-state index contributed by atoms with van der Waals surface area (Å²) >= 11 is 1.27. The number of hydrogen-bond donors (Lipinski definition) is 5. The molecular formula is C11H15N2O7PS. The fraction of sp³-hybridized carbons (Fsp3) is 0.455. The average Bonchev–Trinajstić information content (AvgIpc) is 2.88. The zero-order valence-electron chi connectivity index (χ0n) is 11.5. The second-order valence-corrected chi connectivity index (χ2v) is 7.04. The van der Waals surface area contributed by atoms with E-state index < -0.39 is 31.8 Å². The lowest BCUT2D eigenvalue weighted by atomic mass is 10.1. The topological polar surface area (TPSA) is 149 Å². The number of rotatable bonds is 5. The first-order valence-corrected chi connectivity index (χ1v) is 8.75. The van der Waals surface area contributed by atoms with Crippen molar-refractivity contribution in [2.75, 3.05) is 5.75 Å². The van der Waals surface area contributed by atoms with Gasteiger partial charge >= 0.3 is 13.8 Å².